The highest BCUT2D eigenvalue weighted by Gasteiger charge is 2.25. The van der Waals surface area contributed by atoms with Crippen LogP contribution in [0.3, 0.4) is 0 Å². The average molecular weight is 279 g/mol. The number of hydrogen-bond donors (Lipinski definition) is 0. The molecule has 0 saturated carbocycles. The standard InChI is InChI=1S/C14H18NO3P/c1-3-17-19(16,18-4-2)11-13-8-5-7-12-9-6-10-15-14(12)13/h5-10H,3-4,11H2,1-2H3. The third-order valence-corrected chi connectivity index (χ3v) is 4.76. The van der Waals surface area contributed by atoms with Gasteiger partial charge in [0.1, 0.15) is 0 Å². The van der Waals surface area contributed by atoms with Crippen LogP contribution in [0.1, 0.15) is 19.4 Å². The van der Waals surface area contributed by atoms with E-state index in [9.17, 15) is 4.57 Å². The van der Waals surface area contributed by atoms with Gasteiger partial charge in [-0.2, -0.15) is 0 Å². The largest absolute Gasteiger partial charge is 0.335 e. The number of hydrogen-bond acceptors (Lipinski definition) is 4. The molecule has 0 aliphatic rings. The van der Waals surface area contributed by atoms with Crippen LogP contribution in [0, 0.1) is 0 Å². The smallest absolute Gasteiger partial charge is 0.309 e. The maximum Gasteiger partial charge on any atom is 0.335 e. The summed E-state index contributed by atoms with van der Waals surface area (Å²) in [4.78, 5) is 4.35. The summed E-state index contributed by atoms with van der Waals surface area (Å²) in [5.41, 5.74) is 1.74. The van der Waals surface area contributed by atoms with Gasteiger partial charge in [0, 0.05) is 11.6 Å². The Kier molecular flexibility index (Phi) is 4.70. The quantitative estimate of drug-likeness (QED) is 0.750. The molecule has 0 spiro atoms. The lowest BCUT2D eigenvalue weighted by atomic mass is 10.1. The Morgan fingerprint density at radius 1 is 1.11 bits per heavy atom. The van der Waals surface area contributed by atoms with Gasteiger partial charge >= 0.3 is 7.60 Å². The summed E-state index contributed by atoms with van der Waals surface area (Å²) in [6.07, 6.45) is 1.99. The lowest BCUT2D eigenvalue weighted by molar-refractivity contribution is 0.219. The number of para-hydroxylation sites is 1. The molecule has 0 aliphatic heterocycles. The molecule has 0 radical (unpaired) electrons. The third kappa shape index (κ3) is 3.41. The fraction of sp³-hybridized carbons (Fsp3) is 0.357. The molecule has 5 heteroatoms. The van der Waals surface area contributed by atoms with E-state index < -0.39 is 7.60 Å². The van der Waals surface area contributed by atoms with Gasteiger partial charge < -0.3 is 9.05 Å². The van der Waals surface area contributed by atoms with Gasteiger partial charge in [-0.15, -0.1) is 0 Å². The van der Waals surface area contributed by atoms with Gasteiger partial charge in [-0.05, 0) is 25.5 Å². The minimum absolute atomic E-state index is 0.253. The highest BCUT2D eigenvalue weighted by Crippen LogP contribution is 2.51. The van der Waals surface area contributed by atoms with E-state index in [1.807, 2.05) is 44.2 Å². The first-order valence-electron chi connectivity index (χ1n) is 6.39. The van der Waals surface area contributed by atoms with E-state index in [1.54, 1.807) is 6.20 Å². The maximum absolute atomic E-state index is 12.6. The zero-order valence-corrected chi connectivity index (χ0v) is 12.1. The molecular formula is C14H18NO3P. The van der Waals surface area contributed by atoms with E-state index in [0.29, 0.717) is 13.2 Å². The minimum Gasteiger partial charge on any atom is -0.309 e. The molecule has 0 N–H and O–H groups in total. The molecule has 2 aromatic rings. The van der Waals surface area contributed by atoms with Crippen molar-refractivity contribution in [3.63, 3.8) is 0 Å². The lowest BCUT2D eigenvalue weighted by Gasteiger charge is -2.17. The predicted octanol–water partition coefficient (Wildman–Crippen LogP) is 4.00. The van der Waals surface area contributed by atoms with E-state index in [1.165, 1.54) is 0 Å². The van der Waals surface area contributed by atoms with Gasteiger partial charge in [0.25, 0.3) is 0 Å². The van der Waals surface area contributed by atoms with Crippen LogP contribution in [-0.4, -0.2) is 18.2 Å². The van der Waals surface area contributed by atoms with E-state index in [2.05, 4.69) is 4.98 Å². The van der Waals surface area contributed by atoms with Crippen LogP contribution < -0.4 is 0 Å². The van der Waals surface area contributed by atoms with Crippen molar-refractivity contribution < 1.29 is 13.6 Å². The van der Waals surface area contributed by atoms with Crippen molar-refractivity contribution in [2.24, 2.45) is 0 Å². The first-order chi connectivity index (χ1) is 9.18. The molecule has 0 unspecified atom stereocenters. The van der Waals surface area contributed by atoms with Crippen molar-refractivity contribution in [1.29, 1.82) is 0 Å². The number of benzene rings is 1. The molecule has 0 aliphatic carbocycles. The van der Waals surface area contributed by atoms with Gasteiger partial charge in [-0.25, -0.2) is 0 Å². The van der Waals surface area contributed by atoms with Crippen LogP contribution in [0.2, 0.25) is 0 Å². The van der Waals surface area contributed by atoms with Gasteiger partial charge in [-0.3, -0.25) is 9.55 Å². The Morgan fingerprint density at radius 3 is 2.47 bits per heavy atom. The molecular weight excluding hydrogens is 261 g/mol. The molecule has 1 aromatic carbocycles. The molecule has 0 bridgehead atoms. The van der Waals surface area contributed by atoms with Crippen LogP contribution in [-0.2, 0) is 19.8 Å². The van der Waals surface area contributed by atoms with Crippen LogP contribution >= 0.6 is 7.60 Å². The number of aromatic nitrogens is 1. The molecule has 1 heterocycles. The summed E-state index contributed by atoms with van der Waals surface area (Å²) in [5, 5.41) is 1.03. The van der Waals surface area contributed by atoms with E-state index in [-0.39, 0.29) is 6.16 Å². The summed E-state index contributed by atoms with van der Waals surface area (Å²) in [6.45, 7) is 4.37. The zero-order valence-electron chi connectivity index (χ0n) is 11.2. The predicted molar refractivity (Wildman–Crippen MR) is 76.3 cm³/mol. The van der Waals surface area contributed by atoms with Crippen LogP contribution in [0.25, 0.3) is 10.9 Å². The molecule has 19 heavy (non-hydrogen) atoms. The van der Waals surface area contributed by atoms with Crippen LogP contribution in [0.15, 0.2) is 36.5 Å². The zero-order chi connectivity index (χ0) is 13.7. The summed E-state index contributed by atoms with van der Waals surface area (Å²) in [7, 11) is -3.09. The second-order valence-corrected chi connectivity index (χ2v) is 6.15. The first kappa shape index (κ1) is 14.2. The number of rotatable bonds is 6. The van der Waals surface area contributed by atoms with Crippen LogP contribution in [0.5, 0.6) is 0 Å². The Balaban J connectivity index is 2.36. The van der Waals surface area contributed by atoms with Crippen molar-refractivity contribution >= 4 is 18.5 Å². The van der Waals surface area contributed by atoms with Crippen molar-refractivity contribution in [2.45, 2.75) is 20.0 Å². The summed E-state index contributed by atoms with van der Waals surface area (Å²) in [6, 6.07) is 9.70. The average Bonchev–Trinajstić information content (AvgIpc) is 2.39. The molecule has 102 valence electrons. The van der Waals surface area contributed by atoms with Crippen LogP contribution in [0.4, 0.5) is 0 Å². The van der Waals surface area contributed by atoms with Gasteiger partial charge in [0.2, 0.25) is 0 Å². The lowest BCUT2D eigenvalue weighted by Crippen LogP contribution is -2.00. The van der Waals surface area contributed by atoms with E-state index in [0.717, 1.165) is 16.5 Å². The number of pyridine rings is 1. The van der Waals surface area contributed by atoms with E-state index >= 15 is 0 Å². The van der Waals surface area contributed by atoms with Gasteiger partial charge in [-0.1, -0.05) is 24.3 Å². The van der Waals surface area contributed by atoms with Crippen molar-refractivity contribution in [3.8, 4) is 0 Å². The molecule has 1 aromatic heterocycles. The van der Waals surface area contributed by atoms with Gasteiger partial charge in [0.15, 0.2) is 0 Å². The molecule has 2 rings (SSSR count). The summed E-state index contributed by atoms with van der Waals surface area (Å²) in [5.74, 6) is 0. The topological polar surface area (TPSA) is 48.4 Å². The van der Waals surface area contributed by atoms with Crippen molar-refractivity contribution in [2.75, 3.05) is 13.2 Å². The van der Waals surface area contributed by atoms with Crippen molar-refractivity contribution in [3.05, 3.63) is 42.1 Å². The first-order valence-corrected chi connectivity index (χ1v) is 8.12. The second kappa shape index (κ2) is 6.29. The fourth-order valence-corrected chi connectivity index (χ4v) is 3.74. The number of fused-ring (bicyclic) bond motifs is 1. The Labute approximate surface area is 113 Å². The third-order valence-electron chi connectivity index (χ3n) is 2.73. The minimum atomic E-state index is -3.09. The highest BCUT2D eigenvalue weighted by molar-refractivity contribution is 7.53. The molecule has 0 atom stereocenters. The Hall–Kier alpha value is -1.22. The highest BCUT2D eigenvalue weighted by atomic mass is 31.2. The number of nitrogens with zero attached hydrogens (tertiary/aromatic N) is 1. The van der Waals surface area contributed by atoms with Gasteiger partial charge in [0.05, 0.1) is 24.9 Å². The Morgan fingerprint density at radius 2 is 1.79 bits per heavy atom. The monoisotopic (exact) mass is 279 g/mol. The fourth-order valence-electron chi connectivity index (χ4n) is 2.03. The van der Waals surface area contributed by atoms with E-state index in [4.69, 9.17) is 9.05 Å². The summed E-state index contributed by atoms with van der Waals surface area (Å²) < 4.78 is 23.2. The second-order valence-electron chi connectivity index (χ2n) is 4.10. The maximum atomic E-state index is 12.6. The SMILES string of the molecule is CCOP(=O)(Cc1cccc2cccnc12)OCC. The summed E-state index contributed by atoms with van der Waals surface area (Å²) >= 11 is 0. The molecule has 0 fully saturated rings. The Bertz CT molecular complexity index is 585. The molecule has 4 nitrogen and oxygen atoms in total. The molecule has 0 saturated heterocycles. The molecule has 0 amide bonds. The van der Waals surface area contributed by atoms with Crippen molar-refractivity contribution in [1.82, 2.24) is 4.98 Å². The normalized spacial score (nSPS) is 11.9.